The standard InChI is InChI=1S/C30H25F3N2/c1-4-20-5-9-22(10-6-20)26-15-18(2)34-28-24(26)13-14-25-27(16-19(3)35-29(25)28)23-11-7-21(8-12-23)17-30(31,32)33/h5-16H,4,17H2,1-3H3. The molecular weight excluding hydrogens is 445 g/mol. The highest BCUT2D eigenvalue weighted by Crippen LogP contribution is 2.36. The summed E-state index contributed by atoms with van der Waals surface area (Å²) >= 11 is 0. The van der Waals surface area contributed by atoms with Crippen molar-refractivity contribution in [2.75, 3.05) is 0 Å². The molecule has 0 fully saturated rings. The molecule has 0 unspecified atom stereocenters. The van der Waals surface area contributed by atoms with E-state index < -0.39 is 12.6 Å². The second-order valence-corrected chi connectivity index (χ2v) is 9.02. The van der Waals surface area contributed by atoms with E-state index in [1.54, 1.807) is 24.3 Å². The van der Waals surface area contributed by atoms with Crippen LogP contribution in [0.1, 0.15) is 29.4 Å². The van der Waals surface area contributed by atoms with E-state index >= 15 is 0 Å². The summed E-state index contributed by atoms with van der Waals surface area (Å²) in [6, 6.07) is 23.4. The monoisotopic (exact) mass is 470 g/mol. The first-order chi connectivity index (χ1) is 16.7. The molecule has 0 radical (unpaired) electrons. The van der Waals surface area contributed by atoms with Gasteiger partial charge in [0.05, 0.1) is 17.5 Å². The van der Waals surface area contributed by atoms with Crippen LogP contribution < -0.4 is 0 Å². The molecule has 0 saturated carbocycles. The van der Waals surface area contributed by atoms with Crippen LogP contribution in [0.25, 0.3) is 44.1 Å². The summed E-state index contributed by atoms with van der Waals surface area (Å²) in [6.45, 7) is 6.06. The van der Waals surface area contributed by atoms with Crippen molar-refractivity contribution in [2.24, 2.45) is 0 Å². The molecule has 2 nitrogen and oxygen atoms in total. The summed E-state index contributed by atoms with van der Waals surface area (Å²) in [6.07, 6.45) is -4.16. The quantitative estimate of drug-likeness (QED) is 0.246. The van der Waals surface area contributed by atoms with Crippen molar-refractivity contribution in [3.8, 4) is 22.3 Å². The third-order valence-electron chi connectivity index (χ3n) is 6.36. The number of pyridine rings is 2. The molecule has 0 aliphatic carbocycles. The summed E-state index contributed by atoms with van der Waals surface area (Å²) in [5.41, 5.74) is 8.93. The van der Waals surface area contributed by atoms with Crippen molar-refractivity contribution in [1.29, 1.82) is 0 Å². The number of hydrogen-bond donors (Lipinski definition) is 0. The Morgan fingerprint density at radius 1 is 0.629 bits per heavy atom. The van der Waals surface area contributed by atoms with E-state index in [1.807, 2.05) is 26.0 Å². The smallest absolute Gasteiger partial charge is 0.251 e. The fourth-order valence-corrected chi connectivity index (χ4v) is 4.66. The van der Waals surface area contributed by atoms with Crippen molar-refractivity contribution < 1.29 is 13.2 Å². The number of aromatic nitrogens is 2. The first-order valence-corrected chi connectivity index (χ1v) is 11.7. The summed E-state index contributed by atoms with van der Waals surface area (Å²) in [5, 5.41) is 1.95. The second kappa shape index (κ2) is 8.81. The Bertz CT molecular complexity index is 1530. The van der Waals surface area contributed by atoms with Crippen LogP contribution in [0.5, 0.6) is 0 Å². The second-order valence-electron chi connectivity index (χ2n) is 9.02. The van der Waals surface area contributed by atoms with Gasteiger partial charge in [-0.1, -0.05) is 67.6 Å². The lowest BCUT2D eigenvalue weighted by Gasteiger charge is -2.14. The third-order valence-corrected chi connectivity index (χ3v) is 6.36. The van der Waals surface area contributed by atoms with Crippen LogP contribution in [0.3, 0.4) is 0 Å². The molecule has 35 heavy (non-hydrogen) atoms. The highest BCUT2D eigenvalue weighted by Gasteiger charge is 2.27. The minimum absolute atomic E-state index is 0.248. The zero-order valence-corrected chi connectivity index (χ0v) is 19.9. The molecule has 5 heteroatoms. The van der Waals surface area contributed by atoms with Crippen molar-refractivity contribution in [1.82, 2.24) is 9.97 Å². The molecule has 3 aromatic carbocycles. The van der Waals surface area contributed by atoms with Crippen molar-refractivity contribution in [3.05, 3.63) is 95.3 Å². The molecule has 5 aromatic rings. The van der Waals surface area contributed by atoms with Gasteiger partial charge in [-0.15, -0.1) is 0 Å². The molecule has 0 spiro atoms. The predicted octanol–water partition coefficient (Wildman–Crippen LogP) is 8.40. The van der Waals surface area contributed by atoms with E-state index in [1.165, 1.54) is 5.56 Å². The zero-order valence-electron chi connectivity index (χ0n) is 19.9. The summed E-state index contributed by atoms with van der Waals surface area (Å²) in [5.74, 6) is 0. The van der Waals surface area contributed by atoms with Crippen LogP contribution in [0, 0.1) is 13.8 Å². The fourth-order valence-electron chi connectivity index (χ4n) is 4.66. The molecule has 0 aliphatic rings. The number of alkyl halides is 3. The van der Waals surface area contributed by atoms with Gasteiger partial charge in [0.15, 0.2) is 0 Å². The van der Waals surface area contributed by atoms with E-state index in [-0.39, 0.29) is 5.56 Å². The predicted molar refractivity (Wildman–Crippen MR) is 137 cm³/mol. The van der Waals surface area contributed by atoms with Gasteiger partial charge in [0.25, 0.3) is 0 Å². The number of fused-ring (bicyclic) bond motifs is 3. The molecule has 0 bridgehead atoms. The van der Waals surface area contributed by atoms with Gasteiger partial charge < -0.3 is 0 Å². The van der Waals surface area contributed by atoms with E-state index in [0.717, 1.165) is 61.9 Å². The number of aryl methyl sites for hydroxylation is 3. The lowest BCUT2D eigenvalue weighted by molar-refractivity contribution is -0.127. The van der Waals surface area contributed by atoms with Crippen molar-refractivity contribution in [3.63, 3.8) is 0 Å². The molecule has 0 N–H and O–H groups in total. The number of halogens is 3. The number of rotatable bonds is 4. The topological polar surface area (TPSA) is 25.8 Å². The highest BCUT2D eigenvalue weighted by molar-refractivity contribution is 6.12. The van der Waals surface area contributed by atoms with Gasteiger partial charge in [-0.25, -0.2) is 0 Å². The molecule has 2 heterocycles. The lowest BCUT2D eigenvalue weighted by Crippen LogP contribution is -2.11. The van der Waals surface area contributed by atoms with Gasteiger partial charge in [0.1, 0.15) is 0 Å². The van der Waals surface area contributed by atoms with Gasteiger partial charge in [-0.2, -0.15) is 13.2 Å². The molecular formula is C30H25F3N2. The van der Waals surface area contributed by atoms with Crippen LogP contribution in [0.2, 0.25) is 0 Å². The maximum Gasteiger partial charge on any atom is 0.393 e. The number of nitrogens with zero attached hydrogens (tertiary/aromatic N) is 2. The number of hydrogen-bond acceptors (Lipinski definition) is 2. The van der Waals surface area contributed by atoms with Crippen LogP contribution in [-0.2, 0) is 12.8 Å². The molecule has 0 amide bonds. The Morgan fingerprint density at radius 2 is 1.06 bits per heavy atom. The van der Waals surface area contributed by atoms with Gasteiger partial charge in [0.2, 0.25) is 0 Å². The largest absolute Gasteiger partial charge is 0.393 e. The SMILES string of the molecule is CCc1ccc(-c2cc(C)nc3c2ccc2c(-c4ccc(CC(F)(F)F)cc4)cc(C)nc23)cc1. The lowest BCUT2D eigenvalue weighted by atomic mass is 9.94. The molecule has 0 saturated heterocycles. The Labute approximate surface area is 202 Å². The number of benzene rings is 3. The summed E-state index contributed by atoms with van der Waals surface area (Å²) < 4.78 is 38.4. The third kappa shape index (κ3) is 4.63. The Hall–Kier alpha value is -3.73. The van der Waals surface area contributed by atoms with E-state index in [0.29, 0.717) is 0 Å². The van der Waals surface area contributed by atoms with Gasteiger partial charge in [0, 0.05) is 22.2 Å². The van der Waals surface area contributed by atoms with Gasteiger partial charge >= 0.3 is 6.18 Å². The van der Waals surface area contributed by atoms with Crippen LogP contribution in [0.4, 0.5) is 13.2 Å². The Morgan fingerprint density at radius 3 is 1.46 bits per heavy atom. The van der Waals surface area contributed by atoms with Crippen LogP contribution >= 0.6 is 0 Å². The Balaban J connectivity index is 1.69. The highest BCUT2D eigenvalue weighted by atomic mass is 19.4. The average molecular weight is 471 g/mol. The fraction of sp³-hybridized carbons (Fsp3) is 0.200. The first kappa shape index (κ1) is 23.0. The molecule has 5 rings (SSSR count). The van der Waals surface area contributed by atoms with Crippen LogP contribution in [-0.4, -0.2) is 16.1 Å². The maximum absolute atomic E-state index is 12.8. The first-order valence-electron chi connectivity index (χ1n) is 11.7. The van der Waals surface area contributed by atoms with Gasteiger partial charge in [-0.05, 0) is 65.8 Å². The maximum atomic E-state index is 12.8. The van der Waals surface area contributed by atoms with E-state index in [4.69, 9.17) is 9.97 Å². The zero-order chi connectivity index (χ0) is 24.7. The minimum atomic E-state index is -4.22. The summed E-state index contributed by atoms with van der Waals surface area (Å²) in [4.78, 5) is 9.71. The average Bonchev–Trinajstić information content (AvgIpc) is 2.82. The van der Waals surface area contributed by atoms with Crippen molar-refractivity contribution in [2.45, 2.75) is 39.8 Å². The summed E-state index contributed by atoms with van der Waals surface area (Å²) in [7, 11) is 0. The molecule has 0 aliphatic heterocycles. The van der Waals surface area contributed by atoms with E-state index in [9.17, 15) is 13.2 Å². The minimum Gasteiger partial charge on any atom is -0.251 e. The normalized spacial score (nSPS) is 11.9. The molecule has 2 aromatic heterocycles. The van der Waals surface area contributed by atoms with E-state index in [2.05, 4.69) is 43.3 Å². The molecule has 0 atom stereocenters. The Kier molecular flexibility index (Phi) is 5.79. The van der Waals surface area contributed by atoms with Crippen LogP contribution in [0.15, 0.2) is 72.8 Å². The van der Waals surface area contributed by atoms with Gasteiger partial charge in [-0.3, -0.25) is 9.97 Å². The molecule has 176 valence electrons. The van der Waals surface area contributed by atoms with Crippen molar-refractivity contribution >= 4 is 21.8 Å².